The molecule has 2 aromatic carbocycles. The van der Waals surface area contributed by atoms with Crippen LogP contribution < -0.4 is 4.90 Å². The minimum atomic E-state index is 0.137. The van der Waals surface area contributed by atoms with Crippen LogP contribution in [0.25, 0.3) is 10.2 Å². The van der Waals surface area contributed by atoms with E-state index in [0.717, 1.165) is 22.9 Å². The number of fused-ring (bicyclic) bond motifs is 1. The molecule has 146 valence electrons. The Labute approximate surface area is 174 Å². The minimum Gasteiger partial charge on any atom is -0.371 e. The number of rotatable bonds is 6. The molecule has 0 unspecified atom stereocenters. The van der Waals surface area contributed by atoms with Crippen molar-refractivity contribution >= 4 is 44.9 Å². The summed E-state index contributed by atoms with van der Waals surface area (Å²) in [4.78, 5) is 21.6. The second-order valence-corrected chi connectivity index (χ2v) is 9.42. The number of para-hydroxylation sites is 2. The number of piperidine rings is 1. The van der Waals surface area contributed by atoms with Gasteiger partial charge in [-0.25, -0.2) is 4.98 Å². The van der Waals surface area contributed by atoms with Gasteiger partial charge in [-0.2, -0.15) is 0 Å². The highest BCUT2D eigenvalue weighted by molar-refractivity contribution is 8.01. The molecule has 0 aliphatic carbocycles. The van der Waals surface area contributed by atoms with E-state index in [-0.39, 0.29) is 5.91 Å². The summed E-state index contributed by atoms with van der Waals surface area (Å²) in [6, 6.07) is 16.6. The van der Waals surface area contributed by atoms with Crippen LogP contribution in [0.3, 0.4) is 0 Å². The Kier molecular flexibility index (Phi) is 6.17. The molecule has 4 rings (SSSR count). The lowest BCUT2D eigenvalue weighted by atomic mass is 10.1. The fourth-order valence-corrected chi connectivity index (χ4v) is 5.59. The van der Waals surface area contributed by atoms with Crippen molar-refractivity contribution in [3.63, 3.8) is 0 Å². The Morgan fingerprint density at radius 3 is 2.68 bits per heavy atom. The lowest BCUT2D eigenvalue weighted by Gasteiger charge is -2.31. The molecule has 1 aliphatic rings. The molecule has 1 amide bonds. The first-order valence-corrected chi connectivity index (χ1v) is 11.6. The summed E-state index contributed by atoms with van der Waals surface area (Å²) >= 11 is 3.18. The number of thiazole rings is 1. The van der Waals surface area contributed by atoms with Gasteiger partial charge in [0.15, 0.2) is 4.34 Å². The molecule has 1 aromatic heterocycles. The van der Waals surface area contributed by atoms with Crippen molar-refractivity contribution in [2.45, 2.75) is 30.1 Å². The van der Waals surface area contributed by atoms with E-state index in [4.69, 9.17) is 0 Å². The van der Waals surface area contributed by atoms with Crippen LogP contribution in [-0.2, 0) is 11.3 Å². The largest absolute Gasteiger partial charge is 0.371 e. The van der Waals surface area contributed by atoms with Gasteiger partial charge in [0.2, 0.25) is 5.91 Å². The molecule has 1 saturated heterocycles. The average molecular weight is 412 g/mol. The van der Waals surface area contributed by atoms with E-state index in [1.165, 1.54) is 47.0 Å². The van der Waals surface area contributed by atoms with Crippen LogP contribution in [0, 0.1) is 0 Å². The average Bonchev–Trinajstić information content (AvgIpc) is 3.16. The number of thioether (sulfide) groups is 1. The lowest BCUT2D eigenvalue weighted by molar-refractivity contribution is -0.127. The van der Waals surface area contributed by atoms with Crippen molar-refractivity contribution < 1.29 is 4.79 Å². The number of benzene rings is 2. The van der Waals surface area contributed by atoms with E-state index >= 15 is 0 Å². The summed E-state index contributed by atoms with van der Waals surface area (Å²) < 4.78 is 2.12. The van der Waals surface area contributed by atoms with Gasteiger partial charge >= 0.3 is 0 Å². The first-order chi connectivity index (χ1) is 13.7. The number of amides is 1. The smallest absolute Gasteiger partial charge is 0.233 e. The molecule has 28 heavy (non-hydrogen) atoms. The molecule has 1 fully saturated rings. The molecule has 0 spiro atoms. The van der Waals surface area contributed by atoms with Gasteiger partial charge in [0, 0.05) is 32.4 Å². The number of carbonyl (C=O) groups is 1. The van der Waals surface area contributed by atoms with Crippen LogP contribution in [0.5, 0.6) is 0 Å². The molecule has 4 nitrogen and oxygen atoms in total. The van der Waals surface area contributed by atoms with E-state index in [0.29, 0.717) is 12.3 Å². The predicted molar refractivity (Wildman–Crippen MR) is 119 cm³/mol. The van der Waals surface area contributed by atoms with Crippen molar-refractivity contribution in [3.05, 3.63) is 54.1 Å². The molecule has 0 atom stereocenters. The Morgan fingerprint density at radius 1 is 1.11 bits per heavy atom. The zero-order chi connectivity index (χ0) is 19.3. The standard InChI is InChI=1S/C22H25N3OS2/c1-24(15-17-9-3-5-11-19(17)25-13-7-2-8-14-25)21(26)16-27-22-23-18-10-4-6-12-20(18)28-22/h3-6,9-12H,2,7-8,13-16H2,1H3. The van der Waals surface area contributed by atoms with Crippen molar-refractivity contribution in [2.24, 2.45) is 0 Å². The van der Waals surface area contributed by atoms with E-state index in [1.807, 2.05) is 30.1 Å². The maximum absolute atomic E-state index is 12.7. The molecular formula is C22H25N3OS2. The third-order valence-corrected chi connectivity index (χ3v) is 7.28. The summed E-state index contributed by atoms with van der Waals surface area (Å²) in [6.45, 7) is 2.87. The molecular weight excluding hydrogens is 386 g/mol. The van der Waals surface area contributed by atoms with Crippen LogP contribution in [0.1, 0.15) is 24.8 Å². The number of nitrogens with zero attached hydrogens (tertiary/aromatic N) is 3. The molecule has 0 bridgehead atoms. The summed E-state index contributed by atoms with van der Waals surface area (Å²) in [7, 11) is 1.90. The second kappa shape index (κ2) is 8.97. The molecule has 2 heterocycles. The van der Waals surface area contributed by atoms with Crippen LogP contribution in [0.4, 0.5) is 5.69 Å². The second-order valence-electron chi connectivity index (χ2n) is 7.16. The summed E-state index contributed by atoms with van der Waals surface area (Å²) in [5, 5.41) is 0. The predicted octanol–water partition coefficient (Wildman–Crippen LogP) is 5.04. The quantitative estimate of drug-likeness (QED) is 0.533. The molecule has 6 heteroatoms. The molecule has 3 aromatic rings. The highest BCUT2D eigenvalue weighted by Gasteiger charge is 2.17. The minimum absolute atomic E-state index is 0.137. The molecule has 0 radical (unpaired) electrons. The molecule has 0 N–H and O–H groups in total. The fraction of sp³-hybridized carbons (Fsp3) is 0.364. The van der Waals surface area contributed by atoms with Crippen molar-refractivity contribution in [1.29, 1.82) is 0 Å². The van der Waals surface area contributed by atoms with Crippen LogP contribution in [-0.4, -0.2) is 41.7 Å². The van der Waals surface area contributed by atoms with Gasteiger partial charge in [-0.3, -0.25) is 4.79 Å². The van der Waals surface area contributed by atoms with Gasteiger partial charge in [0.1, 0.15) is 0 Å². The number of hydrogen-bond donors (Lipinski definition) is 0. The van der Waals surface area contributed by atoms with Crippen LogP contribution in [0.15, 0.2) is 52.9 Å². The monoisotopic (exact) mass is 411 g/mol. The summed E-state index contributed by atoms with van der Waals surface area (Å²) in [5.41, 5.74) is 3.51. The van der Waals surface area contributed by atoms with Gasteiger partial charge in [0.05, 0.1) is 16.0 Å². The topological polar surface area (TPSA) is 36.4 Å². The van der Waals surface area contributed by atoms with E-state index in [2.05, 4.69) is 40.2 Å². The first-order valence-electron chi connectivity index (χ1n) is 9.76. The Hall–Kier alpha value is -2.05. The fourth-order valence-electron chi connectivity index (χ4n) is 3.58. The maximum Gasteiger partial charge on any atom is 0.233 e. The van der Waals surface area contributed by atoms with E-state index in [9.17, 15) is 4.79 Å². The Bertz CT molecular complexity index is 917. The Balaban J connectivity index is 1.38. The molecule has 1 aliphatic heterocycles. The van der Waals surface area contributed by atoms with Crippen molar-refractivity contribution in [3.8, 4) is 0 Å². The van der Waals surface area contributed by atoms with Crippen molar-refractivity contribution in [1.82, 2.24) is 9.88 Å². The van der Waals surface area contributed by atoms with Gasteiger partial charge < -0.3 is 9.80 Å². The number of anilines is 1. The highest BCUT2D eigenvalue weighted by atomic mass is 32.2. The van der Waals surface area contributed by atoms with Gasteiger partial charge in [0.25, 0.3) is 0 Å². The summed E-state index contributed by atoms with van der Waals surface area (Å²) in [5.74, 6) is 0.556. The zero-order valence-corrected chi connectivity index (χ0v) is 17.8. The first kappa shape index (κ1) is 19.3. The highest BCUT2D eigenvalue weighted by Crippen LogP contribution is 2.30. The van der Waals surface area contributed by atoms with Crippen molar-refractivity contribution in [2.75, 3.05) is 30.8 Å². The van der Waals surface area contributed by atoms with Gasteiger partial charge in [-0.05, 0) is 43.0 Å². The third-order valence-electron chi connectivity index (χ3n) is 5.12. The summed E-state index contributed by atoms with van der Waals surface area (Å²) in [6.07, 6.45) is 3.82. The number of carbonyl (C=O) groups excluding carboxylic acids is 1. The van der Waals surface area contributed by atoms with Crippen LogP contribution in [0.2, 0.25) is 0 Å². The molecule has 0 saturated carbocycles. The van der Waals surface area contributed by atoms with Gasteiger partial charge in [-0.1, -0.05) is 42.1 Å². The number of hydrogen-bond acceptors (Lipinski definition) is 5. The van der Waals surface area contributed by atoms with E-state index < -0.39 is 0 Å². The lowest BCUT2D eigenvalue weighted by Crippen LogP contribution is -2.32. The van der Waals surface area contributed by atoms with Gasteiger partial charge in [-0.15, -0.1) is 11.3 Å². The number of aromatic nitrogens is 1. The third kappa shape index (κ3) is 4.50. The maximum atomic E-state index is 12.7. The Morgan fingerprint density at radius 2 is 1.86 bits per heavy atom. The SMILES string of the molecule is CN(Cc1ccccc1N1CCCCC1)C(=O)CSc1nc2ccccc2s1. The normalized spacial score (nSPS) is 14.4. The van der Waals surface area contributed by atoms with E-state index in [1.54, 1.807) is 11.3 Å². The van der Waals surface area contributed by atoms with Crippen LogP contribution >= 0.6 is 23.1 Å². The zero-order valence-electron chi connectivity index (χ0n) is 16.1.